The Kier molecular flexibility index (Phi) is 26.9. The smallest absolute Gasteiger partial charge is 0.408 e. The molecule has 8 amide bonds. The second-order valence-electron chi connectivity index (χ2n) is 23.4. The summed E-state index contributed by atoms with van der Waals surface area (Å²) in [6.07, 6.45) is 2.07. The summed E-state index contributed by atoms with van der Waals surface area (Å²) in [6.45, 7) is 1.35. The van der Waals surface area contributed by atoms with Crippen molar-refractivity contribution in [3.8, 4) is 0 Å². The maximum atomic E-state index is 14.0. The molecule has 0 bridgehead atoms. The van der Waals surface area contributed by atoms with Crippen LogP contribution < -0.4 is 31.9 Å². The number of fused-ring (bicyclic) bond motifs is 2. The van der Waals surface area contributed by atoms with Crippen molar-refractivity contribution in [3.63, 3.8) is 0 Å². The van der Waals surface area contributed by atoms with Gasteiger partial charge in [0.1, 0.15) is 36.9 Å². The second kappa shape index (κ2) is 36.2. The quantitative estimate of drug-likeness (QED) is 0.0128. The third-order valence-electron chi connectivity index (χ3n) is 16.5. The third-order valence-corrected chi connectivity index (χ3v) is 16.5. The van der Waals surface area contributed by atoms with E-state index >= 15 is 0 Å². The number of nitrogens with zero attached hydrogens (tertiary/aromatic N) is 2. The van der Waals surface area contributed by atoms with Crippen molar-refractivity contribution in [2.24, 2.45) is 0 Å². The molecule has 6 aromatic carbocycles. The summed E-state index contributed by atoms with van der Waals surface area (Å²) in [7, 11) is 2.42. The molecular formula is C72H80F2N8O14. The molecular weight excluding hydrogens is 1240 g/mol. The molecule has 0 spiro atoms. The number of ether oxygens (including phenoxy) is 4. The van der Waals surface area contributed by atoms with Crippen LogP contribution in [0.5, 0.6) is 0 Å². The number of hydrogen-bond acceptors (Lipinski definition) is 14. The fraction of sp³-hybridized carbons (Fsp3) is 0.361. The van der Waals surface area contributed by atoms with Gasteiger partial charge in [0, 0.05) is 65.2 Å². The van der Waals surface area contributed by atoms with E-state index in [0.29, 0.717) is 73.6 Å². The molecule has 0 fully saturated rings. The molecule has 0 aliphatic carbocycles. The lowest BCUT2D eigenvalue weighted by atomic mass is 9.98. The summed E-state index contributed by atoms with van der Waals surface area (Å²) in [5.74, 6) is -4.63. The molecule has 8 rings (SSSR count). The van der Waals surface area contributed by atoms with Crippen molar-refractivity contribution in [1.29, 1.82) is 0 Å². The maximum absolute atomic E-state index is 14.0. The fourth-order valence-electron chi connectivity index (χ4n) is 11.1. The molecule has 2 atom stereocenters. The first kappa shape index (κ1) is 71.3. The van der Waals surface area contributed by atoms with E-state index in [0.717, 1.165) is 22.3 Å². The van der Waals surface area contributed by atoms with Crippen LogP contribution in [0.25, 0.3) is 0 Å². The van der Waals surface area contributed by atoms with Crippen LogP contribution in [0.15, 0.2) is 133 Å². The van der Waals surface area contributed by atoms with E-state index in [2.05, 4.69) is 31.9 Å². The Bertz CT molecular complexity index is 3470. The van der Waals surface area contributed by atoms with E-state index in [1.54, 1.807) is 82.6 Å². The number of esters is 2. The van der Waals surface area contributed by atoms with Gasteiger partial charge in [-0.1, -0.05) is 84.9 Å². The van der Waals surface area contributed by atoms with Crippen LogP contribution in [-0.2, 0) is 90.4 Å². The minimum absolute atomic E-state index is 0.00215. The number of alkyl carbamates (subject to hydrolysis) is 2. The lowest BCUT2D eigenvalue weighted by molar-refractivity contribution is -0.144. The van der Waals surface area contributed by atoms with Crippen LogP contribution in [0, 0.1) is 11.6 Å². The number of carbonyl (C=O) groups is 10. The van der Waals surface area contributed by atoms with Crippen molar-refractivity contribution < 1.29 is 75.7 Å². The van der Waals surface area contributed by atoms with Gasteiger partial charge in [-0.05, 0) is 157 Å². The molecule has 24 heteroatoms. The summed E-state index contributed by atoms with van der Waals surface area (Å²) in [5.41, 5.74) is 6.17. The molecule has 2 aliphatic heterocycles. The number of amides is 8. The predicted octanol–water partition coefficient (Wildman–Crippen LogP) is 8.59. The third kappa shape index (κ3) is 21.5. The average Bonchev–Trinajstić information content (AvgIpc) is 1.61. The second-order valence-corrected chi connectivity index (χ2v) is 23.4. The van der Waals surface area contributed by atoms with Crippen molar-refractivity contribution in [1.82, 2.24) is 41.7 Å². The Morgan fingerprint density at radius 2 is 0.729 bits per heavy atom. The van der Waals surface area contributed by atoms with E-state index in [1.807, 2.05) is 36.4 Å². The largest absolute Gasteiger partial charge is 0.467 e. The summed E-state index contributed by atoms with van der Waals surface area (Å²) in [6, 6.07) is 34.3. The molecule has 0 saturated carbocycles. The van der Waals surface area contributed by atoms with Crippen molar-refractivity contribution in [3.05, 3.63) is 212 Å². The Labute approximate surface area is 555 Å². The SMILES string of the molecule is COC(=O)[C@H](CCCCNC(=O)c1cc2c(cc1C(=O)NCCc1ccc(F)cc1)CN(C(=O)CCCCC(=O)N1Cc3cc(C(=O)NCCCC[C@H](NC(=O)OCc4ccccc4)C(=O)OC)c(C(=O)NCCc4ccc(F)cc4)cc3C1)C2)NC(=O)OCc1ccccc1. The highest BCUT2D eigenvalue weighted by Crippen LogP contribution is 2.30. The number of rotatable bonds is 33. The maximum Gasteiger partial charge on any atom is 0.408 e. The van der Waals surface area contributed by atoms with Crippen LogP contribution in [0.4, 0.5) is 18.4 Å². The van der Waals surface area contributed by atoms with Crippen LogP contribution >= 0.6 is 0 Å². The fourth-order valence-corrected chi connectivity index (χ4v) is 11.1. The number of halogens is 2. The van der Waals surface area contributed by atoms with Gasteiger partial charge in [0.15, 0.2) is 0 Å². The first-order chi connectivity index (χ1) is 46.4. The van der Waals surface area contributed by atoms with Gasteiger partial charge in [-0.2, -0.15) is 0 Å². The minimum atomic E-state index is -1.01. The molecule has 0 radical (unpaired) electrons. The van der Waals surface area contributed by atoms with E-state index in [4.69, 9.17) is 18.9 Å². The van der Waals surface area contributed by atoms with Crippen LogP contribution in [0.3, 0.4) is 0 Å². The number of methoxy groups -OCH3 is 2. The first-order valence-electron chi connectivity index (χ1n) is 32.0. The highest BCUT2D eigenvalue weighted by atomic mass is 19.1. The van der Waals surface area contributed by atoms with Crippen molar-refractivity contribution >= 4 is 59.6 Å². The molecule has 506 valence electrons. The zero-order valence-electron chi connectivity index (χ0n) is 53.8. The normalized spacial score (nSPS) is 12.6. The molecule has 96 heavy (non-hydrogen) atoms. The highest BCUT2D eigenvalue weighted by molar-refractivity contribution is 6.08. The van der Waals surface area contributed by atoms with Crippen LogP contribution in [-0.4, -0.2) is 122 Å². The zero-order valence-corrected chi connectivity index (χ0v) is 53.8. The summed E-state index contributed by atoms with van der Waals surface area (Å²) in [4.78, 5) is 137. The zero-order chi connectivity index (χ0) is 68.3. The molecule has 0 aromatic heterocycles. The lowest BCUT2D eigenvalue weighted by Crippen LogP contribution is -2.41. The average molecular weight is 1320 g/mol. The molecule has 0 saturated heterocycles. The molecule has 2 heterocycles. The van der Waals surface area contributed by atoms with Gasteiger partial charge < -0.3 is 60.6 Å². The van der Waals surface area contributed by atoms with Gasteiger partial charge in [-0.3, -0.25) is 28.8 Å². The Balaban J connectivity index is 0.833. The summed E-state index contributed by atoms with van der Waals surface area (Å²) in [5, 5.41) is 16.6. The van der Waals surface area contributed by atoms with Gasteiger partial charge >= 0.3 is 24.1 Å². The topological polar surface area (TPSA) is 286 Å². The van der Waals surface area contributed by atoms with Crippen LogP contribution in [0.1, 0.15) is 150 Å². The molecule has 2 aliphatic rings. The highest BCUT2D eigenvalue weighted by Gasteiger charge is 2.31. The Morgan fingerprint density at radius 1 is 0.406 bits per heavy atom. The summed E-state index contributed by atoms with van der Waals surface area (Å²) >= 11 is 0. The predicted molar refractivity (Wildman–Crippen MR) is 348 cm³/mol. The minimum Gasteiger partial charge on any atom is -0.467 e. The monoisotopic (exact) mass is 1320 g/mol. The van der Waals surface area contributed by atoms with Gasteiger partial charge in [0.2, 0.25) is 11.8 Å². The van der Waals surface area contributed by atoms with E-state index in [-0.39, 0.29) is 125 Å². The number of nitrogens with one attached hydrogen (secondary N) is 6. The lowest BCUT2D eigenvalue weighted by Gasteiger charge is -2.17. The van der Waals surface area contributed by atoms with Gasteiger partial charge in [0.25, 0.3) is 23.6 Å². The summed E-state index contributed by atoms with van der Waals surface area (Å²) < 4.78 is 47.6. The number of benzene rings is 6. The Hall–Kier alpha value is -10.5. The van der Waals surface area contributed by atoms with Gasteiger partial charge in [-0.25, -0.2) is 28.0 Å². The van der Waals surface area contributed by atoms with Crippen molar-refractivity contribution in [2.75, 3.05) is 40.4 Å². The number of carbonyl (C=O) groups excluding carboxylic acids is 10. The van der Waals surface area contributed by atoms with Crippen molar-refractivity contribution in [2.45, 2.75) is 129 Å². The van der Waals surface area contributed by atoms with Gasteiger partial charge in [0.05, 0.1) is 36.5 Å². The molecule has 6 N–H and O–H groups in total. The van der Waals surface area contributed by atoms with E-state index in [9.17, 15) is 56.7 Å². The van der Waals surface area contributed by atoms with Crippen LogP contribution in [0.2, 0.25) is 0 Å². The molecule has 0 unspecified atom stereocenters. The Morgan fingerprint density at radius 3 is 1.05 bits per heavy atom. The standard InChI is InChI=1S/C72H80F2N8O14/c1-93-69(89)61(79-71(91)95-45-49-15-5-3-6-16-49)19-11-13-33-75-65(85)57-37-51-41-81(43-53(51)39-59(57)67(87)77-35-31-47-23-27-55(73)28-24-47)63(83)21-9-10-22-64(84)82-42-52-38-58(60(40-54(52)44-82)68(88)78-36-32-48-25-29-56(74)30-26-48)66(86)76-34-14-12-20-62(70(90)94-2)80-72(92)96-46-50-17-7-4-8-18-50/h3-8,15-18,23-30,37-40,61-62H,9-14,19-22,31-36,41-46H2,1-2H3,(H,75,85)(H,76,86)(H,77,87)(H,78,88)(H,79,91)(H,80,92)/t61-,62-/m0/s1. The number of hydrogen-bond donors (Lipinski definition) is 6. The molecule has 22 nitrogen and oxygen atoms in total. The number of unbranched alkanes of at least 4 members (excludes halogenated alkanes) is 3. The van der Waals surface area contributed by atoms with Gasteiger partial charge in [-0.15, -0.1) is 0 Å². The van der Waals surface area contributed by atoms with E-state index in [1.165, 1.54) is 38.5 Å². The molecule has 6 aromatic rings. The van der Waals surface area contributed by atoms with E-state index < -0.39 is 71.5 Å². The first-order valence-corrected chi connectivity index (χ1v) is 32.0.